The molecule has 2 nitrogen and oxygen atoms in total. The van der Waals surface area contributed by atoms with Crippen molar-refractivity contribution < 1.29 is 11.6 Å². The molecule has 0 aliphatic heterocycles. The molecule has 1 aliphatic carbocycles. The van der Waals surface area contributed by atoms with Crippen LogP contribution in [0.2, 0.25) is 0 Å². The van der Waals surface area contributed by atoms with Crippen LogP contribution in [0, 0.1) is 0 Å². The summed E-state index contributed by atoms with van der Waals surface area (Å²) in [7, 11) is 0. The van der Waals surface area contributed by atoms with E-state index in [1.807, 2.05) is 0 Å². The second-order valence-corrected chi connectivity index (χ2v) is 3.76. The predicted molar refractivity (Wildman–Crippen MR) is 60.7 cm³/mol. The molecule has 0 radical (unpaired) electrons. The molecule has 2 heteroatoms. The molecule has 1 N–H and O–H groups in total. The Balaban J connectivity index is 2.53. The van der Waals surface area contributed by atoms with Crippen LogP contribution in [0.25, 0.3) is 0 Å². The lowest BCUT2D eigenvalue weighted by Crippen LogP contribution is -2.49. The predicted octanol–water partition coefficient (Wildman–Crippen LogP) is 2.24. The summed E-state index contributed by atoms with van der Waals surface area (Å²) in [5.41, 5.74) is -0.974. The summed E-state index contributed by atoms with van der Waals surface area (Å²) in [5, 5.41) is 2.40. The number of likely N-dealkylation sites (N-methyl/N-ethyl adjacent to an activating group) is 1. The van der Waals surface area contributed by atoms with Crippen molar-refractivity contribution >= 4 is 5.78 Å². The molecule has 1 aromatic rings. The Morgan fingerprint density at radius 2 is 2.20 bits per heavy atom. The smallest absolute Gasteiger partial charge is 0.157 e. The number of nitrogens with one attached hydrogen (secondary N) is 1. The van der Waals surface area contributed by atoms with Crippen LogP contribution in [0.3, 0.4) is 0 Å². The van der Waals surface area contributed by atoms with Crippen molar-refractivity contribution in [1.82, 2.24) is 5.32 Å². The number of hydrogen-bond acceptors (Lipinski definition) is 2. The molecule has 15 heavy (non-hydrogen) atoms. The molecule has 0 heterocycles. The van der Waals surface area contributed by atoms with Crippen LogP contribution in [0.1, 0.15) is 38.1 Å². The topological polar surface area (TPSA) is 29.1 Å². The highest BCUT2D eigenvalue weighted by Gasteiger charge is 2.39. The van der Waals surface area contributed by atoms with Crippen molar-refractivity contribution in [3.8, 4) is 0 Å². The zero-order chi connectivity index (χ0) is 15.0. The van der Waals surface area contributed by atoms with Crippen molar-refractivity contribution in [3.63, 3.8) is 0 Å². The lowest BCUT2D eigenvalue weighted by molar-refractivity contribution is -0.127. The maximum atomic E-state index is 12.6. The van der Waals surface area contributed by atoms with E-state index in [1.54, 1.807) is 30.3 Å². The van der Waals surface area contributed by atoms with Gasteiger partial charge < -0.3 is 5.32 Å². The maximum Gasteiger partial charge on any atom is 0.157 e. The van der Waals surface area contributed by atoms with Gasteiger partial charge in [-0.3, -0.25) is 4.79 Å². The lowest BCUT2D eigenvalue weighted by atomic mass is 9.76. The normalized spacial score (nSPS) is 35.7. The SMILES string of the molecule is [2H]C([2H])([2H])N[C@]1(c2ccccc2)CCCC([2H])([2H])C1=O. The molecule has 1 aliphatic rings. The highest BCUT2D eigenvalue weighted by atomic mass is 16.1. The Labute approximate surface area is 97.7 Å². The molecule has 80 valence electrons. The van der Waals surface area contributed by atoms with Crippen LogP contribution < -0.4 is 5.32 Å². The lowest BCUT2D eigenvalue weighted by Gasteiger charge is -2.36. The highest BCUT2D eigenvalue weighted by Crippen LogP contribution is 2.33. The first-order valence-corrected chi connectivity index (χ1v) is 5.07. The summed E-state index contributed by atoms with van der Waals surface area (Å²) < 4.78 is 37.9. The Bertz CT molecular complexity index is 499. The second kappa shape index (κ2) is 4.15. The van der Waals surface area contributed by atoms with E-state index < -0.39 is 24.7 Å². The molecule has 1 aromatic carbocycles. The van der Waals surface area contributed by atoms with Crippen molar-refractivity contribution in [1.29, 1.82) is 0 Å². The van der Waals surface area contributed by atoms with Gasteiger partial charge in [0.15, 0.2) is 5.78 Å². The largest absolute Gasteiger partial charge is 0.304 e. The van der Waals surface area contributed by atoms with Crippen LogP contribution in [-0.4, -0.2) is 12.8 Å². The van der Waals surface area contributed by atoms with E-state index in [0.29, 0.717) is 12.0 Å². The van der Waals surface area contributed by atoms with E-state index in [1.165, 1.54) is 0 Å². The molecule has 0 saturated heterocycles. The minimum absolute atomic E-state index is 0.128. The van der Waals surface area contributed by atoms with Gasteiger partial charge in [0.05, 0.1) is 0 Å². The van der Waals surface area contributed by atoms with Gasteiger partial charge >= 0.3 is 0 Å². The fraction of sp³-hybridized carbons (Fsp3) is 0.462. The third kappa shape index (κ3) is 1.70. The van der Waals surface area contributed by atoms with Gasteiger partial charge in [-0.1, -0.05) is 36.8 Å². The number of hydrogen-bond donors (Lipinski definition) is 1. The van der Waals surface area contributed by atoms with Crippen molar-refractivity contribution in [2.75, 3.05) is 6.98 Å². The van der Waals surface area contributed by atoms with Gasteiger partial charge in [0.1, 0.15) is 5.54 Å². The summed E-state index contributed by atoms with van der Waals surface area (Å²) >= 11 is 0. The third-order valence-electron chi connectivity index (χ3n) is 2.88. The van der Waals surface area contributed by atoms with Gasteiger partial charge in [0, 0.05) is 13.2 Å². The number of Topliss-reactive ketones (excluding diaryl/α,β-unsaturated/α-hetero) is 1. The molecular formula is C13H17NO. The van der Waals surface area contributed by atoms with Gasteiger partial charge in [-0.15, -0.1) is 0 Å². The van der Waals surface area contributed by atoms with E-state index in [2.05, 4.69) is 5.32 Å². The summed E-state index contributed by atoms with van der Waals surface area (Å²) in [6.07, 6.45) is -1.14. The zero-order valence-corrected chi connectivity index (χ0v) is 8.42. The summed E-state index contributed by atoms with van der Waals surface area (Å²) in [6, 6.07) is 8.54. The molecule has 0 amide bonds. The van der Waals surface area contributed by atoms with E-state index >= 15 is 0 Å². The van der Waals surface area contributed by atoms with Crippen molar-refractivity contribution in [2.24, 2.45) is 0 Å². The van der Waals surface area contributed by atoms with Gasteiger partial charge in [-0.05, 0) is 25.4 Å². The average Bonchev–Trinajstić information content (AvgIpc) is 2.34. The average molecular weight is 208 g/mol. The fourth-order valence-electron chi connectivity index (χ4n) is 2.01. The van der Waals surface area contributed by atoms with Gasteiger partial charge in [-0.2, -0.15) is 0 Å². The van der Waals surface area contributed by atoms with Crippen molar-refractivity contribution in [2.45, 2.75) is 31.2 Å². The number of ketones is 1. The van der Waals surface area contributed by atoms with Gasteiger partial charge in [0.25, 0.3) is 0 Å². The minimum Gasteiger partial charge on any atom is -0.304 e. The van der Waals surface area contributed by atoms with E-state index in [0.717, 1.165) is 0 Å². The van der Waals surface area contributed by atoms with Crippen LogP contribution >= 0.6 is 0 Å². The van der Waals surface area contributed by atoms with Crippen molar-refractivity contribution in [3.05, 3.63) is 35.9 Å². The first-order valence-electron chi connectivity index (χ1n) is 7.57. The van der Waals surface area contributed by atoms with Crippen LogP contribution in [0.5, 0.6) is 0 Å². The molecule has 1 fully saturated rings. The van der Waals surface area contributed by atoms with E-state index in [4.69, 9.17) is 6.85 Å². The first-order chi connectivity index (χ1) is 9.17. The molecule has 2 rings (SSSR count). The summed E-state index contributed by atoms with van der Waals surface area (Å²) in [5.74, 6) is -0.696. The summed E-state index contributed by atoms with van der Waals surface area (Å²) in [4.78, 5) is 12.6. The quantitative estimate of drug-likeness (QED) is 0.807. The minimum atomic E-state index is -2.51. The molecule has 1 atom stereocenters. The zero-order valence-electron chi connectivity index (χ0n) is 13.4. The Morgan fingerprint density at radius 1 is 1.40 bits per heavy atom. The number of benzene rings is 1. The number of carbonyl (C=O) groups is 1. The molecule has 0 aromatic heterocycles. The molecular weight excluding hydrogens is 186 g/mol. The highest BCUT2D eigenvalue weighted by molar-refractivity contribution is 5.90. The van der Waals surface area contributed by atoms with Crippen LogP contribution in [0.4, 0.5) is 0 Å². The Kier molecular flexibility index (Phi) is 1.61. The first kappa shape index (κ1) is 5.80. The fourth-order valence-corrected chi connectivity index (χ4v) is 2.01. The molecule has 0 unspecified atom stereocenters. The summed E-state index contributed by atoms with van der Waals surface area (Å²) in [6.45, 7) is -2.51. The maximum absolute atomic E-state index is 12.6. The third-order valence-corrected chi connectivity index (χ3v) is 2.88. The Morgan fingerprint density at radius 3 is 2.93 bits per heavy atom. The second-order valence-electron chi connectivity index (χ2n) is 3.76. The molecule has 0 bridgehead atoms. The van der Waals surface area contributed by atoms with E-state index in [-0.39, 0.29) is 12.8 Å². The molecule has 1 saturated carbocycles. The van der Waals surface area contributed by atoms with Crippen LogP contribution in [0.15, 0.2) is 30.3 Å². The number of carbonyl (C=O) groups excluding carboxylic acids is 1. The number of rotatable bonds is 2. The Hall–Kier alpha value is -1.15. The van der Waals surface area contributed by atoms with Crippen LogP contribution in [-0.2, 0) is 10.3 Å². The van der Waals surface area contributed by atoms with Gasteiger partial charge in [0.2, 0.25) is 0 Å². The monoisotopic (exact) mass is 208 g/mol. The van der Waals surface area contributed by atoms with Gasteiger partial charge in [-0.25, -0.2) is 0 Å². The molecule has 0 spiro atoms. The van der Waals surface area contributed by atoms with E-state index in [9.17, 15) is 4.79 Å². The standard InChI is InChI=1S/C13H17NO/c1-14-13(10-6-5-9-12(13)15)11-7-3-2-4-8-11/h2-4,7-8,14H,5-6,9-10H2,1H3/t13-/m0/s1/i1D3,9D2.